The van der Waals surface area contributed by atoms with Crippen molar-refractivity contribution in [2.24, 2.45) is 22.7 Å². The molecule has 1 amide bonds. The van der Waals surface area contributed by atoms with Crippen LogP contribution in [0.5, 0.6) is 11.5 Å². The van der Waals surface area contributed by atoms with Crippen LogP contribution in [0.3, 0.4) is 0 Å². The van der Waals surface area contributed by atoms with Crippen LogP contribution in [-0.2, 0) is 14.3 Å². The number of ether oxygens (including phenoxy) is 3. The largest absolute Gasteiger partial charge is 0.504 e. The van der Waals surface area contributed by atoms with E-state index in [-0.39, 0.29) is 40.6 Å². The number of phenols is 1. The van der Waals surface area contributed by atoms with Crippen LogP contribution >= 0.6 is 0 Å². The van der Waals surface area contributed by atoms with E-state index >= 15 is 0 Å². The Bertz CT molecular complexity index is 779. The molecule has 2 saturated carbocycles. The van der Waals surface area contributed by atoms with Crippen molar-refractivity contribution in [3.8, 4) is 11.5 Å². The number of carbonyl (C=O) groups is 1. The summed E-state index contributed by atoms with van der Waals surface area (Å²) in [6, 6.07) is 5.70. The molecule has 6 heteroatoms. The van der Waals surface area contributed by atoms with E-state index in [0.29, 0.717) is 31.3 Å². The summed E-state index contributed by atoms with van der Waals surface area (Å²) in [5.41, 5.74) is 0.829. The molecule has 1 aromatic rings. The molecule has 2 aliphatic carbocycles. The van der Waals surface area contributed by atoms with Crippen molar-refractivity contribution in [1.29, 1.82) is 0 Å². The maximum absolute atomic E-state index is 12.6. The van der Waals surface area contributed by atoms with Crippen molar-refractivity contribution in [2.45, 2.75) is 51.7 Å². The summed E-state index contributed by atoms with van der Waals surface area (Å²) < 4.78 is 16.6. The van der Waals surface area contributed by atoms with Crippen molar-refractivity contribution < 1.29 is 24.1 Å². The second-order valence-electron chi connectivity index (χ2n) is 9.48. The summed E-state index contributed by atoms with van der Waals surface area (Å²) >= 11 is 0. The molecule has 0 radical (unpaired) electrons. The number of fused-ring (bicyclic) bond motifs is 1. The molecule has 1 aliphatic heterocycles. The fourth-order valence-electron chi connectivity index (χ4n) is 6.46. The molecule has 1 aromatic carbocycles. The molecule has 29 heavy (non-hydrogen) atoms. The minimum atomic E-state index is -0.182. The molecular formula is C23H33NO5. The van der Waals surface area contributed by atoms with Crippen LogP contribution in [0.1, 0.15) is 51.2 Å². The minimum absolute atomic E-state index is 0.00463. The van der Waals surface area contributed by atoms with E-state index in [0.717, 1.165) is 24.8 Å². The first-order valence-electron chi connectivity index (χ1n) is 10.6. The van der Waals surface area contributed by atoms with Gasteiger partial charge in [-0.15, -0.1) is 0 Å². The first-order valence-corrected chi connectivity index (χ1v) is 10.6. The van der Waals surface area contributed by atoms with E-state index in [2.05, 4.69) is 19.2 Å². The van der Waals surface area contributed by atoms with Crippen molar-refractivity contribution >= 4 is 5.91 Å². The zero-order valence-electron chi connectivity index (χ0n) is 17.9. The molecule has 3 aliphatic rings. The highest BCUT2D eigenvalue weighted by Gasteiger charge is 2.68. The van der Waals surface area contributed by atoms with Gasteiger partial charge in [0.1, 0.15) is 0 Å². The zero-order chi connectivity index (χ0) is 20.8. The summed E-state index contributed by atoms with van der Waals surface area (Å²) in [5, 5.41) is 14.1. The standard InChI is InChI=1S/C23H33NO5/c1-22(2)14-12-16-20(15-6-5-7-17(28-4)19(15)26)29-11-9-23(16,13-14)21(22)24-18(25)8-10-27-3/h5-7,14,16,20-21,26H,8-13H2,1-4H3,(H,24,25)/t14-,16-,20-,21+,23?/m1/s1. The van der Waals surface area contributed by atoms with E-state index in [1.54, 1.807) is 20.3 Å². The molecule has 160 valence electrons. The van der Waals surface area contributed by atoms with Gasteiger partial charge in [-0.05, 0) is 48.0 Å². The number of para-hydroxylation sites is 1. The molecule has 2 bridgehead atoms. The van der Waals surface area contributed by atoms with Crippen LogP contribution in [0.15, 0.2) is 18.2 Å². The molecular weight excluding hydrogens is 370 g/mol. The Morgan fingerprint density at radius 3 is 2.86 bits per heavy atom. The van der Waals surface area contributed by atoms with Crippen molar-refractivity contribution in [3.63, 3.8) is 0 Å². The van der Waals surface area contributed by atoms with Crippen LogP contribution < -0.4 is 10.1 Å². The summed E-state index contributed by atoms with van der Waals surface area (Å²) in [4.78, 5) is 12.6. The van der Waals surface area contributed by atoms with E-state index in [1.165, 1.54) is 0 Å². The summed E-state index contributed by atoms with van der Waals surface area (Å²) in [6.45, 7) is 5.64. The first kappa shape index (κ1) is 20.5. The number of nitrogens with one attached hydrogen (secondary N) is 1. The number of hydrogen-bond donors (Lipinski definition) is 2. The van der Waals surface area contributed by atoms with E-state index in [1.807, 2.05) is 12.1 Å². The maximum Gasteiger partial charge on any atom is 0.222 e. The predicted octanol–water partition coefficient (Wildman–Crippen LogP) is 3.44. The van der Waals surface area contributed by atoms with Crippen LogP contribution in [0.25, 0.3) is 0 Å². The van der Waals surface area contributed by atoms with Gasteiger partial charge in [-0.1, -0.05) is 26.0 Å². The lowest BCUT2D eigenvalue weighted by Crippen LogP contribution is -2.59. The summed E-state index contributed by atoms with van der Waals surface area (Å²) in [6.07, 6.45) is 3.29. The molecule has 0 aromatic heterocycles. The minimum Gasteiger partial charge on any atom is -0.504 e. The third-order valence-corrected chi connectivity index (χ3v) is 7.90. The van der Waals surface area contributed by atoms with Gasteiger partial charge in [0.15, 0.2) is 11.5 Å². The van der Waals surface area contributed by atoms with Crippen molar-refractivity contribution in [2.75, 3.05) is 27.4 Å². The molecule has 4 rings (SSSR count). The Labute approximate surface area is 172 Å². The van der Waals surface area contributed by atoms with E-state index in [9.17, 15) is 9.90 Å². The number of hydrogen-bond acceptors (Lipinski definition) is 5. The van der Waals surface area contributed by atoms with Gasteiger partial charge >= 0.3 is 0 Å². The smallest absolute Gasteiger partial charge is 0.222 e. The second kappa shape index (κ2) is 7.47. The van der Waals surface area contributed by atoms with Crippen LogP contribution in [-0.4, -0.2) is 44.5 Å². The summed E-state index contributed by atoms with van der Waals surface area (Å²) in [5.74, 6) is 1.48. The van der Waals surface area contributed by atoms with Gasteiger partial charge in [0.2, 0.25) is 5.91 Å². The molecule has 6 nitrogen and oxygen atoms in total. The van der Waals surface area contributed by atoms with Crippen LogP contribution in [0, 0.1) is 22.7 Å². The Hall–Kier alpha value is -1.79. The number of phenolic OH excluding ortho intramolecular Hbond substituents is 1. The number of rotatable bonds is 6. The molecule has 1 heterocycles. The molecule has 1 saturated heterocycles. The molecule has 2 N–H and O–H groups in total. The number of amides is 1. The van der Waals surface area contributed by atoms with Gasteiger partial charge in [-0.3, -0.25) is 4.79 Å². The molecule has 1 unspecified atom stereocenters. The molecule has 3 fully saturated rings. The average Bonchev–Trinajstić information content (AvgIpc) is 3.19. The predicted molar refractivity (Wildman–Crippen MR) is 109 cm³/mol. The Kier molecular flexibility index (Phi) is 5.28. The normalized spacial score (nSPS) is 34.6. The van der Waals surface area contributed by atoms with Gasteiger partial charge in [-0.25, -0.2) is 0 Å². The van der Waals surface area contributed by atoms with Crippen molar-refractivity contribution in [1.82, 2.24) is 5.32 Å². The lowest BCUT2D eigenvalue weighted by Gasteiger charge is -2.53. The zero-order valence-corrected chi connectivity index (χ0v) is 17.9. The maximum atomic E-state index is 12.6. The van der Waals surface area contributed by atoms with Crippen LogP contribution in [0.2, 0.25) is 0 Å². The van der Waals surface area contributed by atoms with Gasteiger partial charge in [-0.2, -0.15) is 0 Å². The number of benzene rings is 1. The number of aromatic hydroxyl groups is 1. The van der Waals surface area contributed by atoms with Gasteiger partial charge in [0.25, 0.3) is 0 Å². The van der Waals surface area contributed by atoms with Crippen LogP contribution in [0.4, 0.5) is 0 Å². The lowest BCUT2D eigenvalue weighted by molar-refractivity contribution is -0.138. The lowest BCUT2D eigenvalue weighted by atomic mass is 9.58. The van der Waals surface area contributed by atoms with Gasteiger partial charge < -0.3 is 24.6 Å². The quantitative estimate of drug-likeness (QED) is 0.761. The fourth-order valence-corrected chi connectivity index (χ4v) is 6.46. The van der Waals surface area contributed by atoms with Gasteiger partial charge in [0.05, 0.1) is 19.8 Å². The first-order chi connectivity index (χ1) is 13.8. The van der Waals surface area contributed by atoms with E-state index < -0.39 is 0 Å². The SMILES string of the molecule is COCCC(=O)N[C@H]1C(C)(C)[C@@H]2C[C@@H]3[C@@H](c4cccc(OC)c4O)OCCC31C2. The van der Waals surface area contributed by atoms with Gasteiger partial charge in [0, 0.05) is 31.7 Å². The Morgan fingerprint density at radius 2 is 2.14 bits per heavy atom. The third kappa shape index (κ3) is 3.12. The van der Waals surface area contributed by atoms with Crippen molar-refractivity contribution in [3.05, 3.63) is 23.8 Å². The summed E-state index contributed by atoms with van der Waals surface area (Å²) in [7, 11) is 3.18. The second-order valence-corrected chi connectivity index (χ2v) is 9.48. The number of methoxy groups -OCH3 is 2. The highest BCUT2D eigenvalue weighted by molar-refractivity contribution is 5.76. The monoisotopic (exact) mass is 403 g/mol. The highest BCUT2D eigenvalue weighted by atomic mass is 16.5. The topological polar surface area (TPSA) is 77.0 Å². The molecule has 5 atom stereocenters. The third-order valence-electron chi connectivity index (χ3n) is 7.90. The van der Waals surface area contributed by atoms with E-state index in [4.69, 9.17) is 14.2 Å². The Balaban J connectivity index is 1.66. The average molecular weight is 404 g/mol. The number of carbonyl (C=O) groups excluding carboxylic acids is 1. The Morgan fingerprint density at radius 1 is 1.34 bits per heavy atom. The molecule has 1 spiro atoms. The highest BCUT2D eigenvalue weighted by Crippen LogP contribution is 2.70. The fraction of sp³-hybridized carbons (Fsp3) is 0.696.